The summed E-state index contributed by atoms with van der Waals surface area (Å²) in [4.78, 5) is 17.7. The number of fused-ring (bicyclic) bond motifs is 1. The zero-order valence-corrected chi connectivity index (χ0v) is 12.5. The van der Waals surface area contributed by atoms with Crippen molar-refractivity contribution in [1.29, 1.82) is 0 Å². The van der Waals surface area contributed by atoms with Gasteiger partial charge < -0.3 is 4.90 Å². The summed E-state index contributed by atoms with van der Waals surface area (Å²) >= 11 is 11.8. The van der Waals surface area contributed by atoms with Crippen molar-refractivity contribution >= 4 is 34.8 Å². The zero-order valence-electron chi connectivity index (χ0n) is 10.9. The highest BCUT2D eigenvalue weighted by atomic mass is 35.5. The minimum absolute atomic E-state index is 0.0564. The van der Waals surface area contributed by atoms with E-state index >= 15 is 0 Å². The number of aryl methyl sites for hydroxylation is 1. The van der Waals surface area contributed by atoms with E-state index in [1.807, 2.05) is 0 Å². The fourth-order valence-electron chi connectivity index (χ4n) is 2.41. The van der Waals surface area contributed by atoms with Crippen LogP contribution in [0.5, 0.6) is 0 Å². The third-order valence-corrected chi connectivity index (χ3v) is 4.01. The highest BCUT2D eigenvalue weighted by Crippen LogP contribution is 2.31. The molecule has 0 unspecified atom stereocenters. The molecule has 0 bridgehead atoms. The first-order valence-corrected chi connectivity index (χ1v) is 7.20. The van der Waals surface area contributed by atoms with Gasteiger partial charge in [0.05, 0.1) is 12.2 Å². The minimum Gasteiger partial charge on any atom is -0.307 e. The number of hydrogen-bond acceptors (Lipinski definition) is 2. The van der Waals surface area contributed by atoms with Gasteiger partial charge in [-0.05, 0) is 30.2 Å². The molecule has 1 aliphatic heterocycles. The van der Waals surface area contributed by atoms with Gasteiger partial charge in [0.25, 0.3) is 0 Å². The summed E-state index contributed by atoms with van der Waals surface area (Å²) in [7, 11) is 0. The lowest BCUT2D eigenvalue weighted by Gasteiger charge is -2.29. The number of aromatic nitrogens is 1. The number of carbonyl (C=O) groups is 1. The summed E-state index contributed by atoms with van der Waals surface area (Å²) in [5.74, 6) is -0.423. The van der Waals surface area contributed by atoms with Crippen LogP contribution in [0.25, 0.3) is 0 Å². The first-order chi connectivity index (χ1) is 10.0. The molecule has 0 saturated heterocycles. The number of nitrogens with zero attached hydrogens (tertiary/aromatic N) is 2. The van der Waals surface area contributed by atoms with Crippen LogP contribution in [-0.4, -0.2) is 10.9 Å². The Morgan fingerprint density at radius 1 is 1.19 bits per heavy atom. The molecule has 1 aromatic carbocycles. The predicted molar refractivity (Wildman–Crippen MR) is 80.2 cm³/mol. The van der Waals surface area contributed by atoms with Gasteiger partial charge in [-0.1, -0.05) is 35.3 Å². The van der Waals surface area contributed by atoms with Crippen LogP contribution in [0.3, 0.4) is 0 Å². The van der Waals surface area contributed by atoms with E-state index in [9.17, 15) is 9.18 Å². The van der Waals surface area contributed by atoms with Crippen molar-refractivity contribution in [3.8, 4) is 0 Å². The van der Waals surface area contributed by atoms with Crippen molar-refractivity contribution in [3.63, 3.8) is 0 Å². The number of amides is 1. The molecular weight excluding hydrogens is 314 g/mol. The second kappa shape index (κ2) is 5.62. The summed E-state index contributed by atoms with van der Waals surface area (Å²) in [6.07, 6.45) is 1.02. The van der Waals surface area contributed by atoms with Crippen LogP contribution in [0, 0.1) is 5.82 Å². The van der Waals surface area contributed by atoms with Gasteiger partial charge in [0.1, 0.15) is 16.1 Å². The second-order valence-electron chi connectivity index (χ2n) is 4.84. The molecule has 2 aromatic rings. The van der Waals surface area contributed by atoms with Crippen molar-refractivity contribution < 1.29 is 9.18 Å². The minimum atomic E-state index is -0.367. The van der Waals surface area contributed by atoms with Gasteiger partial charge >= 0.3 is 0 Å². The maximum absolute atomic E-state index is 13.5. The molecule has 0 atom stereocenters. The SMILES string of the molecule is O=C1CCc2ccc(F)cc2N1Cc1ccc(Cl)nc1Cl. The van der Waals surface area contributed by atoms with Gasteiger partial charge in [-0.15, -0.1) is 0 Å². The lowest BCUT2D eigenvalue weighted by Crippen LogP contribution is -2.34. The molecule has 108 valence electrons. The number of hydrogen-bond donors (Lipinski definition) is 0. The fraction of sp³-hybridized carbons (Fsp3) is 0.200. The predicted octanol–water partition coefficient (Wildman–Crippen LogP) is 4.01. The average Bonchev–Trinajstić information content (AvgIpc) is 2.44. The molecule has 21 heavy (non-hydrogen) atoms. The van der Waals surface area contributed by atoms with Crippen LogP contribution in [0.2, 0.25) is 10.3 Å². The largest absolute Gasteiger partial charge is 0.307 e. The van der Waals surface area contributed by atoms with E-state index in [0.717, 1.165) is 5.56 Å². The zero-order chi connectivity index (χ0) is 15.0. The maximum Gasteiger partial charge on any atom is 0.227 e. The van der Waals surface area contributed by atoms with E-state index in [1.165, 1.54) is 12.1 Å². The van der Waals surface area contributed by atoms with Crippen molar-refractivity contribution in [2.45, 2.75) is 19.4 Å². The standard InChI is InChI=1S/C15H11Cl2FN2O/c16-13-5-2-10(15(17)19-13)8-20-12-7-11(18)4-1-9(12)3-6-14(20)21/h1-2,4-5,7H,3,6,8H2. The quantitative estimate of drug-likeness (QED) is 0.782. The highest BCUT2D eigenvalue weighted by Gasteiger charge is 2.25. The molecular formula is C15H11Cl2FN2O. The molecule has 6 heteroatoms. The summed E-state index contributed by atoms with van der Waals surface area (Å²) in [5, 5.41) is 0.541. The Morgan fingerprint density at radius 2 is 2.00 bits per heavy atom. The fourth-order valence-corrected chi connectivity index (χ4v) is 2.82. The molecule has 1 aliphatic rings. The number of rotatable bonds is 2. The topological polar surface area (TPSA) is 33.2 Å². The van der Waals surface area contributed by atoms with Crippen LogP contribution in [-0.2, 0) is 17.8 Å². The molecule has 0 spiro atoms. The van der Waals surface area contributed by atoms with Gasteiger partial charge in [-0.25, -0.2) is 9.37 Å². The maximum atomic E-state index is 13.5. The smallest absolute Gasteiger partial charge is 0.227 e. The van der Waals surface area contributed by atoms with E-state index in [4.69, 9.17) is 23.2 Å². The molecule has 3 rings (SSSR count). The number of carbonyl (C=O) groups excluding carboxylic acids is 1. The number of halogens is 3. The number of anilines is 1. The third kappa shape index (κ3) is 2.87. The molecule has 0 saturated carbocycles. The van der Waals surface area contributed by atoms with Crippen LogP contribution < -0.4 is 4.90 Å². The second-order valence-corrected chi connectivity index (χ2v) is 5.58. The van der Waals surface area contributed by atoms with Crippen LogP contribution in [0.1, 0.15) is 17.5 Å². The van der Waals surface area contributed by atoms with Gasteiger partial charge in [-0.2, -0.15) is 0 Å². The van der Waals surface area contributed by atoms with Crippen molar-refractivity contribution in [2.75, 3.05) is 4.90 Å². The van der Waals surface area contributed by atoms with Gasteiger partial charge in [0.15, 0.2) is 0 Å². The highest BCUT2D eigenvalue weighted by molar-refractivity contribution is 6.32. The van der Waals surface area contributed by atoms with E-state index in [2.05, 4.69) is 4.98 Å². The van der Waals surface area contributed by atoms with Gasteiger partial charge in [0.2, 0.25) is 5.91 Å². The normalized spacial score (nSPS) is 14.2. The van der Waals surface area contributed by atoms with Crippen molar-refractivity contribution in [1.82, 2.24) is 4.98 Å². The average molecular weight is 325 g/mol. The Bertz CT molecular complexity index is 721. The Labute approximate surface area is 131 Å². The molecule has 0 aliphatic carbocycles. The summed E-state index contributed by atoms with van der Waals surface area (Å²) in [6.45, 7) is 0.248. The Morgan fingerprint density at radius 3 is 2.76 bits per heavy atom. The number of pyridine rings is 1. The van der Waals surface area contributed by atoms with E-state index in [1.54, 1.807) is 23.1 Å². The molecule has 1 aromatic heterocycles. The summed E-state index contributed by atoms with van der Waals surface area (Å²) in [5.41, 5.74) is 2.22. The molecule has 0 fully saturated rings. The molecule has 1 amide bonds. The van der Waals surface area contributed by atoms with Crippen LogP contribution in [0.15, 0.2) is 30.3 Å². The Kier molecular flexibility index (Phi) is 3.83. The summed E-state index contributed by atoms with van der Waals surface area (Å²) < 4.78 is 13.5. The Balaban J connectivity index is 1.98. The van der Waals surface area contributed by atoms with E-state index in [-0.39, 0.29) is 23.4 Å². The lowest BCUT2D eigenvalue weighted by atomic mass is 10.0. The van der Waals surface area contributed by atoms with E-state index in [0.29, 0.717) is 29.2 Å². The van der Waals surface area contributed by atoms with E-state index < -0.39 is 0 Å². The van der Waals surface area contributed by atoms with Crippen LogP contribution in [0.4, 0.5) is 10.1 Å². The molecule has 0 N–H and O–H groups in total. The van der Waals surface area contributed by atoms with Gasteiger partial charge in [0, 0.05) is 12.0 Å². The summed E-state index contributed by atoms with van der Waals surface area (Å²) in [6, 6.07) is 7.83. The van der Waals surface area contributed by atoms with Crippen molar-refractivity contribution in [2.24, 2.45) is 0 Å². The molecule has 3 nitrogen and oxygen atoms in total. The third-order valence-electron chi connectivity index (χ3n) is 3.47. The number of benzene rings is 1. The first-order valence-electron chi connectivity index (χ1n) is 6.44. The molecule has 0 radical (unpaired) electrons. The van der Waals surface area contributed by atoms with Gasteiger partial charge in [-0.3, -0.25) is 4.79 Å². The van der Waals surface area contributed by atoms with Crippen LogP contribution >= 0.6 is 23.2 Å². The monoisotopic (exact) mass is 324 g/mol. The Hall–Kier alpha value is -1.65. The van der Waals surface area contributed by atoms with Crippen molar-refractivity contribution in [3.05, 3.63) is 57.6 Å². The first kappa shape index (κ1) is 14.3. The molecule has 2 heterocycles. The lowest BCUT2D eigenvalue weighted by molar-refractivity contribution is -0.119.